The summed E-state index contributed by atoms with van der Waals surface area (Å²) in [5.41, 5.74) is 0. The number of hydrogen-bond acceptors (Lipinski definition) is 9. The Morgan fingerprint density at radius 2 is 2.00 bits per heavy atom. The number of phosphoric ester groups is 1. The third kappa shape index (κ3) is 3.20. The van der Waals surface area contributed by atoms with Gasteiger partial charge in [-0.2, -0.15) is 0 Å². The smallest absolute Gasteiger partial charge is 0.219 e. The second-order valence-electron chi connectivity index (χ2n) is 3.38. The van der Waals surface area contributed by atoms with E-state index < -0.39 is 45.1 Å². The number of rotatable bonds is 3. The Hall–Kier alpha value is -0.0900. The van der Waals surface area contributed by atoms with Crippen LogP contribution in [0.3, 0.4) is 0 Å². The number of phosphoric acid groups is 1. The summed E-state index contributed by atoms with van der Waals surface area (Å²) in [5.74, 6) is -2.55. The highest BCUT2D eigenvalue weighted by molar-refractivity contribution is 7.43. The van der Waals surface area contributed by atoms with Gasteiger partial charge in [0, 0.05) is 0 Å². The summed E-state index contributed by atoms with van der Waals surface area (Å²) in [4.78, 5) is 20.3. The van der Waals surface area contributed by atoms with Crippen LogP contribution in [-0.4, -0.2) is 57.7 Å². The molecule has 16 heavy (non-hydrogen) atoms. The molecule has 9 nitrogen and oxygen atoms in total. The molecule has 0 aromatic rings. The minimum atomic E-state index is -5.33. The Morgan fingerprint density at radius 3 is 2.50 bits per heavy atom. The van der Waals surface area contributed by atoms with Crippen molar-refractivity contribution in [2.75, 3.05) is 13.2 Å². The van der Waals surface area contributed by atoms with Gasteiger partial charge in [-0.1, -0.05) is 0 Å². The van der Waals surface area contributed by atoms with Crippen LogP contribution in [0.5, 0.6) is 0 Å². The van der Waals surface area contributed by atoms with Crippen LogP contribution in [0.25, 0.3) is 0 Å². The third-order valence-corrected chi connectivity index (χ3v) is 2.56. The van der Waals surface area contributed by atoms with E-state index in [2.05, 4.69) is 9.26 Å². The van der Waals surface area contributed by atoms with E-state index >= 15 is 0 Å². The molecule has 0 spiro atoms. The van der Waals surface area contributed by atoms with Gasteiger partial charge in [-0.25, -0.2) is 0 Å². The first-order valence-electron chi connectivity index (χ1n) is 4.23. The van der Waals surface area contributed by atoms with Crippen molar-refractivity contribution in [3.8, 4) is 0 Å². The van der Waals surface area contributed by atoms with Crippen molar-refractivity contribution >= 4 is 7.82 Å². The minimum absolute atomic E-state index is 0.542. The van der Waals surface area contributed by atoms with Gasteiger partial charge < -0.3 is 44.0 Å². The fourth-order valence-electron chi connectivity index (χ4n) is 1.19. The summed E-state index contributed by atoms with van der Waals surface area (Å²) in [6.07, 6.45) is -5.16. The number of ether oxygens (including phenoxy) is 1. The predicted molar refractivity (Wildman–Crippen MR) is 42.5 cm³/mol. The zero-order chi connectivity index (χ0) is 12.6. The van der Waals surface area contributed by atoms with E-state index in [0.29, 0.717) is 0 Å². The Labute approximate surface area is 90.1 Å². The molecule has 0 amide bonds. The Kier molecular flexibility index (Phi) is 4.06. The van der Waals surface area contributed by atoms with E-state index in [-0.39, 0.29) is 0 Å². The monoisotopic (exact) mass is 258 g/mol. The maximum atomic E-state index is 10.2. The van der Waals surface area contributed by atoms with Crippen molar-refractivity contribution in [2.24, 2.45) is 0 Å². The van der Waals surface area contributed by atoms with Crippen molar-refractivity contribution in [2.45, 2.75) is 24.1 Å². The number of aliphatic hydroxyl groups is 4. The summed E-state index contributed by atoms with van der Waals surface area (Å²) < 4.78 is 18.4. The second-order valence-corrected chi connectivity index (χ2v) is 4.53. The largest absolute Gasteiger partial charge is 0.790 e. The standard InChI is InChI=1S/C6H13O9P/c7-3-1-14-6(10,5(9)4(3)8)2-15-16(11,12)13/h3-5,7-10H,1-2H2,(H2,11,12,13)/p-2/t3-,4+,5+,6+/m1/s1. The molecule has 10 heteroatoms. The fraction of sp³-hybridized carbons (Fsp3) is 1.00. The molecule has 1 rings (SSSR count). The lowest BCUT2D eigenvalue weighted by Crippen LogP contribution is -2.62. The molecule has 0 unspecified atom stereocenters. The number of hydrogen-bond donors (Lipinski definition) is 4. The fourth-order valence-corrected chi connectivity index (χ4v) is 1.53. The van der Waals surface area contributed by atoms with Crippen LogP contribution in [0, 0.1) is 0 Å². The lowest BCUT2D eigenvalue weighted by atomic mass is 9.98. The van der Waals surface area contributed by atoms with Gasteiger partial charge in [0.05, 0.1) is 14.4 Å². The SMILES string of the molecule is O=P([O-])([O-])OC[C@]1(O)OC[C@@H](O)[C@H](O)[C@@H]1O. The van der Waals surface area contributed by atoms with Crippen LogP contribution in [0.2, 0.25) is 0 Å². The quantitative estimate of drug-likeness (QED) is 0.366. The summed E-state index contributed by atoms with van der Waals surface area (Å²) >= 11 is 0. The molecule has 0 aromatic heterocycles. The van der Waals surface area contributed by atoms with Gasteiger partial charge in [-0.15, -0.1) is 0 Å². The van der Waals surface area contributed by atoms with Crippen LogP contribution in [-0.2, 0) is 13.8 Å². The highest BCUT2D eigenvalue weighted by atomic mass is 31.2. The van der Waals surface area contributed by atoms with Gasteiger partial charge in [-0.05, 0) is 0 Å². The van der Waals surface area contributed by atoms with E-state index in [1.807, 2.05) is 0 Å². The summed E-state index contributed by atoms with van der Waals surface area (Å²) in [6.45, 7) is -1.71. The normalized spacial score (nSPS) is 41.0. The molecule has 4 atom stereocenters. The first-order valence-corrected chi connectivity index (χ1v) is 5.69. The first kappa shape index (κ1) is 14.0. The molecule has 0 aromatic carbocycles. The highest BCUT2D eigenvalue weighted by Gasteiger charge is 2.48. The molecule has 1 aliphatic heterocycles. The van der Waals surface area contributed by atoms with Crippen LogP contribution in [0.1, 0.15) is 0 Å². The van der Waals surface area contributed by atoms with Gasteiger partial charge in [0.15, 0.2) is 0 Å². The Morgan fingerprint density at radius 1 is 1.44 bits per heavy atom. The third-order valence-electron chi connectivity index (χ3n) is 2.11. The van der Waals surface area contributed by atoms with Crippen LogP contribution in [0.4, 0.5) is 0 Å². The van der Waals surface area contributed by atoms with Crippen LogP contribution < -0.4 is 9.79 Å². The summed E-state index contributed by atoms with van der Waals surface area (Å²) in [6, 6.07) is 0. The molecular formula is C6H11O9P-2. The highest BCUT2D eigenvalue weighted by Crippen LogP contribution is 2.31. The molecule has 0 saturated carbocycles. The molecule has 1 fully saturated rings. The minimum Gasteiger partial charge on any atom is -0.790 e. The second kappa shape index (κ2) is 4.65. The van der Waals surface area contributed by atoms with Crippen LogP contribution >= 0.6 is 7.82 Å². The lowest BCUT2D eigenvalue weighted by molar-refractivity contribution is -0.363. The van der Waals surface area contributed by atoms with E-state index in [0.717, 1.165) is 0 Å². The van der Waals surface area contributed by atoms with Gasteiger partial charge >= 0.3 is 0 Å². The molecule has 0 radical (unpaired) electrons. The Balaban J connectivity index is 2.66. The number of aliphatic hydroxyl groups excluding tert-OH is 3. The average Bonchev–Trinajstić information content (AvgIpc) is 2.18. The summed E-state index contributed by atoms with van der Waals surface area (Å²) in [7, 11) is -5.33. The molecule has 4 N–H and O–H groups in total. The zero-order valence-corrected chi connectivity index (χ0v) is 8.82. The predicted octanol–water partition coefficient (Wildman–Crippen LogP) is -4.37. The Bertz CT molecular complexity index is 290. The van der Waals surface area contributed by atoms with Gasteiger partial charge in [0.1, 0.15) is 24.9 Å². The van der Waals surface area contributed by atoms with E-state index in [1.165, 1.54) is 0 Å². The summed E-state index contributed by atoms with van der Waals surface area (Å²) in [5, 5.41) is 37.1. The lowest BCUT2D eigenvalue weighted by Gasteiger charge is -2.43. The zero-order valence-electron chi connectivity index (χ0n) is 7.92. The molecule has 0 bridgehead atoms. The molecule has 0 aliphatic carbocycles. The molecule has 1 aliphatic rings. The van der Waals surface area contributed by atoms with Crippen LogP contribution in [0.15, 0.2) is 0 Å². The molecule has 96 valence electrons. The molecule has 1 heterocycles. The molecule has 1 saturated heterocycles. The average molecular weight is 258 g/mol. The topological polar surface area (TPSA) is 163 Å². The van der Waals surface area contributed by atoms with Crippen molar-refractivity contribution < 1.29 is 44.0 Å². The maximum Gasteiger partial charge on any atom is 0.219 e. The van der Waals surface area contributed by atoms with Crippen molar-refractivity contribution in [3.63, 3.8) is 0 Å². The van der Waals surface area contributed by atoms with Crippen molar-refractivity contribution in [1.82, 2.24) is 0 Å². The van der Waals surface area contributed by atoms with Crippen molar-refractivity contribution in [3.05, 3.63) is 0 Å². The maximum absolute atomic E-state index is 10.2. The first-order chi connectivity index (χ1) is 7.16. The van der Waals surface area contributed by atoms with E-state index in [9.17, 15) is 29.7 Å². The molecular weight excluding hydrogens is 247 g/mol. The van der Waals surface area contributed by atoms with Gasteiger partial charge in [-0.3, -0.25) is 0 Å². The van der Waals surface area contributed by atoms with E-state index in [4.69, 9.17) is 5.11 Å². The van der Waals surface area contributed by atoms with Gasteiger partial charge in [0.2, 0.25) is 5.79 Å². The van der Waals surface area contributed by atoms with Crippen molar-refractivity contribution in [1.29, 1.82) is 0 Å². The van der Waals surface area contributed by atoms with E-state index in [1.54, 1.807) is 0 Å². The van der Waals surface area contributed by atoms with Gasteiger partial charge in [0.25, 0.3) is 0 Å².